The van der Waals surface area contributed by atoms with Gasteiger partial charge in [0.15, 0.2) is 0 Å². The van der Waals surface area contributed by atoms with Crippen LogP contribution in [-0.4, -0.2) is 66.0 Å². The van der Waals surface area contributed by atoms with Crippen molar-refractivity contribution >= 4 is 23.4 Å². The van der Waals surface area contributed by atoms with Crippen molar-refractivity contribution in [1.82, 2.24) is 4.98 Å². The number of carbonyl (C=O) groups is 3. The summed E-state index contributed by atoms with van der Waals surface area (Å²) in [7, 11) is 2.40. The van der Waals surface area contributed by atoms with E-state index in [1.165, 1.54) is 31.6 Å². The minimum atomic E-state index is -1.56. The van der Waals surface area contributed by atoms with E-state index in [0.717, 1.165) is 14.0 Å². The second-order valence-corrected chi connectivity index (χ2v) is 5.16. The van der Waals surface area contributed by atoms with E-state index in [0.29, 0.717) is 0 Å². The number of nitrogens with zero attached hydrogens (tertiary/aromatic N) is 2. The highest BCUT2D eigenvalue weighted by molar-refractivity contribution is 6.37. The molecule has 0 amide bonds. The van der Waals surface area contributed by atoms with E-state index in [-0.39, 0.29) is 18.8 Å². The topological polar surface area (TPSA) is 138 Å². The van der Waals surface area contributed by atoms with Gasteiger partial charge < -0.3 is 19.4 Å². The molecule has 0 fully saturated rings. The van der Waals surface area contributed by atoms with Gasteiger partial charge in [0.2, 0.25) is 0 Å². The number of methoxy groups -OCH3 is 2. The monoisotopic (exact) mass is 368 g/mol. The summed E-state index contributed by atoms with van der Waals surface area (Å²) in [5.41, 5.74) is -0.609. The lowest BCUT2D eigenvalue weighted by Crippen LogP contribution is -2.41. The molecular formula is C16H20N2O8. The number of esters is 2. The largest absolute Gasteiger partial charge is 0.463 e. The molecule has 26 heavy (non-hydrogen) atoms. The third kappa shape index (κ3) is 5.24. The molecule has 1 aromatic heterocycles. The van der Waals surface area contributed by atoms with Crippen molar-refractivity contribution in [1.29, 1.82) is 0 Å². The number of hydrogen-bond donors (Lipinski definition) is 1. The molecule has 0 saturated heterocycles. The Morgan fingerprint density at radius 2 is 1.85 bits per heavy atom. The molecule has 0 saturated carbocycles. The Balaban J connectivity index is 3.45. The van der Waals surface area contributed by atoms with Crippen molar-refractivity contribution in [3.8, 4) is 0 Å². The Labute approximate surface area is 149 Å². The molecule has 0 aliphatic carbocycles. The van der Waals surface area contributed by atoms with Gasteiger partial charge in [-0.1, -0.05) is 0 Å². The summed E-state index contributed by atoms with van der Waals surface area (Å²) < 4.78 is 14.3. The third-order valence-corrected chi connectivity index (χ3v) is 3.52. The van der Waals surface area contributed by atoms with Crippen LogP contribution in [0.5, 0.6) is 0 Å². The third-order valence-electron chi connectivity index (χ3n) is 3.52. The van der Waals surface area contributed by atoms with Gasteiger partial charge >= 0.3 is 17.7 Å². The van der Waals surface area contributed by atoms with Gasteiger partial charge in [-0.15, -0.1) is 0 Å². The van der Waals surface area contributed by atoms with E-state index in [9.17, 15) is 24.8 Å². The van der Waals surface area contributed by atoms with Crippen LogP contribution in [0.15, 0.2) is 24.5 Å². The number of Topliss-reactive ketones (excluding diaryl/α,β-unsaturated/α-hetero) is 1. The fraction of sp³-hybridized carbons (Fsp3) is 0.438. The zero-order valence-electron chi connectivity index (χ0n) is 14.6. The molecule has 0 aliphatic rings. The average Bonchev–Trinajstić information content (AvgIpc) is 2.61. The second-order valence-electron chi connectivity index (χ2n) is 5.16. The maximum atomic E-state index is 12.4. The van der Waals surface area contributed by atoms with E-state index in [1.54, 1.807) is 0 Å². The average molecular weight is 368 g/mol. The van der Waals surface area contributed by atoms with Crippen molar-refractivity contribution < 1.29 is 38.7 Å². The predicted molar refractivity (Wildman–Crippen MR) is 86.4 cm³/mol. The van der Waals surface area contributed by atoms with Crippen LogP contribution in [0.25, 0.3) is 0 Å². The molecule has 0 bridgehead atoms. The summed E-state index contributed by atoms with van der Waals surface area (Å²) in [4.78, 5) is 39.7. The zero-order chi connectivity index (χ0) is 19.7. The molecule has 142 valence electrons. The lowest BCUT2D eigenvalue weighted by atomic mass is 9.80. The Kier molecular flexibility index (Phi) is 8.16. The molecule has 0 spiro atoms. The summed E-state index contributed by atoms with van der Waals surface area (Å²) >= 11 is 0. The number of carbonyl (C=O) groups excluding carboxylic acids is 3. The number of pyridine rings is 1. The molecule has 2 unspecified atom stereocenters. The lowest BCUT2D eigenvalue weighted by molar-refractivity contribution is -0.726. The standard InChI is InChI=1S/C16H20N2O8/c1-10(19)12(15(20)26-9-8-24-2)13(11-4-6-17-7-5-11)14(18(22)23)16(21)25-3/h4-7,12-13H,8-9H2,1-3H3,(H,22,23). The van der Waals surface area contributed by atoms with E-state index in [4.69, 9.17) is 9.47 Å². The van der Waals surface area contributed by atoms with Crippen LogP contribution >= 0.6 is 0 Å². The van der Waals surface area contributed by atoms with Gasteiger partial charge in [-0.25, -0.2) is 4.79 Å². The Morgan fingerprint density at radius 1 is 1.23 bits per heavy atom. The molecule has 1 heterocycles. The van der Waals surface area contributed by atoms with Crippen LogP contribution in [0.4, 0.5) is 0 Å². The smallest absolute Gasteiger partial charge is 0.405 e. The van der Waals surface area contributed by atoms with Crippen molar-refractivity contribution in [3.63, 3.8) is 0 Å². The van der Waals surface area contributed by atoms with Crippen LogP contribution in [0, 0.1) is 11.1 Å². The highest BCUT2D eigenvalue weighted by atomic mass is 16.8. The van der Waals surface area contributed by atoms with Gasteiger partial charge in [0.05, 0.1) is 13.7 Å². The molecule has 10 nitrogen and oxygen atoms in total. The normalized spacial score (nSPS) is 14.0. The summed E-state index contributed by atoms with van der Waals surface area (Å²) in [6, 6.07) is 2.80. The van der Waals surface area contributed by atoms with Gasteiger partial charge in [0.25, 0.3) is 0 Å². The van der Waals surface area contributed by atoms with E-state index in [2.05, 4.69) is 9.72 Å². The van der Waals surface area contributed by atoms with E-state index in [1.807, 2.05) is 0 Å². The van der Waals surface area contributed by atoms with Gasteiger partial charge in [-0.2, -0.15) is 0 Å². The zero-order valence-corrected chi connectivity index (χ0v) is 14.6. The number of ether oxygens (including phenoxy) is 3. The van der Waals surface area contributed by atoms with Crippen LogP contribution in [0.1, 0.15) is 18.4 Å². The quantitative estimate of drug-likeness (QED) is 0.122. The van der Waals surface area contributed by atoms with Crippen LogP contribution in [-0.2, 0) is 28.6 Å². The molecule has 0 aromatic carbocycles. The fourth-order valence-corrected chi connectivity index (χ4v) is 2.36. The van der Waals surface area contributed by atoms with Crippen LogP contribution < -0.4 is 0 Å². The van der Waals surface area contributed by atoms with Gasteiger partial charge in [0, 0.05) is 24.4 Å². The van der Waals surface area contributed by atoms with Crippen molar-refractivity contribution in [2.24, 2.45) is 5.92 Å². The van der Waals surface area contributed by atoms with Gasteiger partial charge in [0.1, 0.15) is 24.2 Å². The number of rotatable bonds is 9. The first-order valence-corrected chi connectivity index (χ1v) is 7.52. The number of ketones is 1. The summed E-state index contributed by atoms with van der Waals surface area (Å²) in [5, 5.41) is 21.0. The fourth-order valence-electron chi connectivity index (χ4n) is 2.36. The van der Waals surface area contributed by atoms with Crippen molar-refractivity contribution in [3.05, 3.63) is 35.3 Å². The van der Waals surface area contributed by atoms with Crippen molar-refractivity contribution in [2.75, 3.05) is 27.4 Å². The van der Waals surface area contributed by atoms with Crippen LogP contribution in [0.2, 0.25) is 0 Å². The number of aromatic nitrogens is 1. The Bertz CT molecular complexity index is 670. The molecule has 0 radical (unpaired) electrons. The minimum absolute atomic E-state index is 0.0948. The molecule has 1 rings (SSSR count). The lowest BCUT2D eigenvalue weighted by Gasteiger charge is -2.22. The highest BCUT2D eigenvalue weighted by Crippen LogP contribution is 2.29. The molecule has 1 N–H and O–H groups in total. The second kappa shape index (κ2) is 10.1. The highest BCUT2D eigenvalue weighted by Gasteiger charge is 2.46. The molecular weight excluding hydrogens is 348 g/mol. The van der Waals surface area contributed by atoms with E-state index < -0.39 is 40.2 Å². The Morgan fingerprint density at radius 3 is 2.31 bits per heavy atom. The molecule has 1 aromatic rings. The van der Waals surface area contributed by atoms with Crippen molar-refractivity contribution in [2.45, 2.75) is 12.8 Å². The van der Waals surface area contributed by atoms with Gasteiger partial charge in [-0.05, 0) is 24.6 Å². The summed E-state index contributed by atoms with van der Waals surface area (Å²) in [6.07, 6.45) is 2.69. The van der Waals surface area contributed by atoms with Crippen LogP contribution in [0.3, 0.4) is 0 Å². The first-order valence-electron chi connectivity index (χ1n) is 7.52. The first kappa shape index (κ1) is 21.0. The molecule has 2 atom stereocenters. The molecule has 0 aliphatic heterocycles. The molecule has 10 heteroatoms. The maximum absolute atomic E-state index is 12.4. The summed E-state index contributed by atoms with van der Waals surface area (Å²) in [6.45, 7) is 1.07. The first-order chi connectivity index (χ1) is 12.3. The Hall–Kier alpha value is -3.01. The maximum Gasteiger partial charge on any atom is 0.405 e. The number of hydrogen-bond acceptors (Lipinski definition) is 9. The predicted octanol–water partition coefficient (Wildman–Crippen LogP) is 0.0735. The van der Waals surface area contributed by atoms with E-state index >= 15 is 0 Å². The minimum Gasteiger partial charge on any atom is -0.463 e. The van der Waals surface area contributed by atoms with Gasteiger partial charge in [-0.3, -0.25) is 19.8 Å². The SMILES string of the molecule is COCCOC(=O)C(C(C)=O)C(C(C(=O)OC)=[N+]([O-])O)c1ccncc1. The summed E-state index contributed by atoms with van der Waals surface area (Å²) in [5.74, 6) is -5.83.